The summed E-state index contributed by atoms with van der Waals surface area (Å²) in [6.45, 7) is 1.15. The highest BCUT2D eigenvalue weighted by Gasteiger charge is 2.14. The number of ether oxygens (including phenoxy) is 2. The van der Waals surface area contributed by atoms with E-state index in [1.165, 1.54) is 18.1 Å². The van der Waals surface area contributed by atoms with Gasteiger partial charge < -0.3 is 14.9 Å². The number of halogens is 1. The Labute approximate surface area is 128 Å². The number of hydrogen-bond acceptors (Lipinski definition) is 7. The van der Waals surface area contributed by atoms with Crippen molar-refractivity contribution in [1.82, 2.24) is 9.97 Å². The fourth-order valence-electron chi connectivity index (χ4n) is 1.72. The number of anilines is 1. The topological polar surface area (TPSA) is 82.3 Å². The predicted molar refractivity (Wildman–Crippen MR) is 79.1 cm³/mol. The van der Waals surface area contributed by atoms with Gasteiger partial charge in [0.2, 0.25) is 0 Å². The van der Waals surface area contributed by atoms with E-state index in [1.807, 2.05) is 18.2 Å². The molecule has 0 radical (unpaired) electrons. The second-order valence-corrected chi connectivity index (χ2v) is 5.75. The molecular weight excluding hydrogens is 344 g/mol. The lowest BCUT2D eigenvalue weighted by Crippen LogP contribution is -2.15. The van der Waals surface area contributed by atoms with Gasteiger partial charge in [-0.25, -0.2) is 15.8 Å². The predicted octanol–water partition coefficient (Wildman–Crippen LogP) is 2.45. The molecule has 2 heterocycles. The van der Waals surface area contributed by atoms with Gasteiger partial charge in [-0.1, -0.05) is 11.8 Å². The largest absolute Gasteiger partial charge is 0.486 e. The number of aromatic nitrogens is 2. The molecule has 3 N–H and O–H groups in total. The molecule has 0 saturated heterocycles. The summed E-state index contributed by atoms with van der Waals surface area (Å²) in [4.78, 5) is 9.25. The molecule has 0 spiro atoms. The van der Waals surface area contributed by atoms with E-state index in [-0.39, 0.29) is 0 Å². The van der Waals surface area contributed by atoms with Gasteiger partial charge in [0, 0.05) is 4.90 Å². The Bertz CT molecular complexity index is 641. The Hall–Kier alpha value is -1.51. The summed E-state index contributed by atoms with van der Waals surface area (Å²) in [6, 6.07) is 5.79. The molecule has 104 valence electrons. The molecule has 0 bridgehead atoms. The lowest BCUT2D eigenvalue weighted by Gasteiger charge is -2.18. The molecule has 3 rings (SSSR count). The average Bonchev–Trinajstić information content (AvgIpc) is 2.49. The van der Waals surface area contributed by atoms with Crippen LogP contribution in [0.1, 0.15) is 0 Å². The highest BCUT2D eigenvalue weighted by molar-refractivity contribution is 9.10. The molecule has 1 aliphatic heterocycles. The number of nitrogens with two attached hydrogens (primary N) is 1. The molecule has 20 heavy (non-hydrogen) atoms. The summed E-state index contributed by atoms with van der Waals surface area (Å²) in [5.74, 6) is 7.45. The first kappa shape index (κ1) is 13.5. The van der Waals surface area contributed by atoms with Crippen molar-refractivity contribution in [3.05, 3.63) is 29.0 Å². The third-order valence-corrected chi connectivity index (χ3v) is 4.63. The molecule has 0 aliphatic carbocycles. The van der Waals surface area contributed by atoms with Gasteiger partial charge in [0.1, 0.15) is 24.6 Å². The van der Waals surface area contributed by atoms with E-state index in [2.05, 4.69) is 31.3 Å². The summed E-state index contributed by atoms with van der Waals surface area (Å²) in [7, 11) is 0. The fraction of sp³-hybridized carbons (Fsp3) is 0.167. The van der Waals surface area contributed by atoms with Crippen LogP contribution in [-0.2, 0) is 0 Å². The third-order valence-electron chi connectivity index (χ3n) is 2.62. The molecule has 0 saturated carbocycles. The second-order valence-electron chi connectivity index (χ2n) is 3.89. The molecule has 0 atom stereocenters. The van der Waals surface area contributed by atoms with Gasteiger partial charge in [-0.3, -0.25) is 0 Å². The van der Waals surface area contributed by atoms with Crippen molar-refractivity contribution in [1.29, 1.82) is 0 Å². The summed E-state index contributed by atoms with van der Waals surface area (Å²) in [5, 5.41) is 0.768. The van der Waals surface area contributed by atoms with E-state index >= 15 is 0 Å². The molecular formula is C12H11BrN4O2S. The highest BCUT2D eigenvalue weighted by atomic mass is 79.9. The molecule has 1 aromatic heterocycles. The van der Waals surface area contributed by atoms with Crippen LogP contribution >= 0.6 is 27.7 Å². The highest BCUT2D eigenvalue weighted by Crippen LogP contribution is 2.39. The standard InChI is InChI=1S/C12H11BrN4O2S/c13-10-11(17-14)15-6-16-12(10)20-7-1-2-8-9(5-7)19-4-3-18-8/h1-2,5-6H,3-4,14H2,(H,15,16,17). The molecule has 2 aromatic rings. The van der Waals surface area contributed by atoms with E-state index in [4.69, 9.17) is 15.3 Å². The van der Waals surface area contributed by atoms with Crippen LogP contribution in [0.15, 0.2) is 38.9 Å². The zero-order valence-corrected chi connectivity index (χ0v) is 12.7. The lowest BCUT2D eigenvalue weighted by atomic mass is 10.3. The first-order valence-electron chi connectivity index (χ1n) is 5.82. The van der Waals surface area contributed by atoms with Crippen molar-refractivity contribution in [3.63, 3.8) is 0 Å². The van der Waals surface area contributed by atoms with Gasteiger partial charge in [-0.15, -0.1) is 0 Å². The molecule has 0 amide bonds. The Morgan fingerprint density at radius 1 is 1.20 bits per heavy atom. The van der Waals surface area contributed by atoms with E-state index in [0.29, 0.717) is 19.0 Å². The van der Waals surface area contributed by atoms with Crippen LogP contribution in [0.4, 0.5) is 5.82 Å². The maximum atomic E-state index is 5.56. The van der Waals surface area contributed by atoms with Crippen LogP contribution in [0, 0.1) is 0 Å². The minimum atomic E-state index is 0.542. The number of nitrogens with zero attached hydrogens (tertiary/aromatic N) is 2. The van der Waals surface area contributed by atoms with Gasteiger partial charge in [0.15, 0.2) is 17.3 Å². The monoisotopic (exact) mass is 354 g/mol. The number of benzene rings is 1. The summed E-state index contributed by atoms with van der Waals surface area (Å²) in [5.41, 5.74) is 2.52. The summed E-state index contributed by atoms with van der Waals surface area (Å²) < 4.78 is 11.8. The average molecular weight is 355 g/mol. The zero-order chi connectivity index (χ0) is 13.9. The Balaban J connectivity index is 1.88. The lowest BCUT2D eigenvalue weighted by molar-refractivity contribution is 0.171. The van der Waals surface area contributed by atoms with E-state index in [1.54, 1.807) is 0 Å². The first-order chi connectivity index (χ1) is 9.78. The minimum absolute atomic E-state index is 0.542. The molecule has 0 fully saturated rings. The van der Waals surface area contributed by atoms with Crippen molar-refractivity contribution in [2.45, 2.75) is 9.92 Å². The second kappa shape index (κ2) is 5.86. The minimum Gasteiger partial charge on any atom is -0.486 e. The molecule has 8 heteroatoms. The van der Waals surface area contributed by atoms with Gasteiger partial charge in [-0.2, -0.15) is 0 Å². The zero-order valence-electron chi connectivity index (χ0n) is 10.3. The molecule has 6 nitrogen and oxygen atoms in total. The van der Waals surface area contributed by atoms with E-state index in [0.717, 1.165) is 25.9 Å². The number of rotatable bonds is 3. The fourth-order valence-corrected chi connectivity index (χ4v) is 3.10. The Kier molecular flexibility index (Phi) is 3.95. The maximum Gasteiger partial charge on any atom is 0.162 e. The number of fused-ring (bicyclic) bond motifs is 1. The van der Waals surface area contributed by atoms with Crippen molar-refractivity contribution >= 4 is 33.5 Å². The van der Waals surface area contributed by atoms with Gasteiger partial charge in [0.25, 0.3) is 0 Å². The van der Waals surface area contributed by atoms with Crippen LogP contribution in [-0.4, -0.2) is 23.2 Å². The van der Waals surface area contributed by atoms with Gasteiger partial charge >= 0.3 is 0 Å². The summed E-state index contributed by atoms with van der Waals surface area (Å²) in [6.07, 6.45) is 1.46. The van der Waals surface area contributed by atoms with Crippen LogP contribution in [0.5, 0.6) is 11.5 Å². The maximum absolute atomic E-state index is 5.56. The third kappa shape index (κ3) is 2.67. The van der Waals surface area contributed by atoms with Crippen LogP contribution in [0.3, 0.4) is 0 Å². The Morgan fingerprint density at radius 2 is 2.00 bits per heavy atom. The van der Waals surface area contributed by atoms with E-state index < -0.39 is 0 Å². The quantitative estimate of drug-likeness (QED) is 0.497. The van der Waals surface area contributed by atoms with E-state index in [9.17, 15) is 0 Å². The SMILES string of the molecule is NNc1ncnc(Sc2ccc3c(c2)OCCO3)c1Br. The number of hydrogen-bond donors (Lipinski definition) is 2. The Morgan fingerprint density at radius 3 is 2.80 bits per heavy atom. The molecule has 1 aliphatic rings. The molecule has 1 aromatic carbocycles. The first-order valence-corrected chi connectivity index (χ1v) is 7.43. The van der Waals surface area contributed by atoms with Crippen LogP contribution < -0.4 is 20.7 Å². The van der Waals surface area contributed by atoms with Crippen LogP contribution in [0.2, 0.25) is 0 Å². The normalized spacial score (nSPS) is 13.1. The number of hydrazine groups is 1. The van der Waals surface area contributed by atoms with Gasteiger partial charge in [-0.05, 0) is 34.1 Å². The van der Waals surface area contributed by atoms with Crippen molar-refractivity contribution in [3.8, 4) is 11.5 Å². The smallest absolute Gasteiger partial charge is 0.162 e. The van der Waals surface area contributed by atoms with Gasteiger partial charge in [0.05, 0.1) is 4.47 Å². The van der Waals surface area contributed by atoms with Crippen molar-refractivity contribution in [2.24, 2.45) is 5.84 Å². The van der Waals surface area contributed by atoms with Crippen molar-refractivity contribution in [2.75, 3.05) is 18.6 Å². The van der Waals surface area contributed by atoms with Crippen molar-refractivity contribution < 1.29 is 9.47 Å². The molecule has 0 unspecified atom stereocenters. The number of nitrogen functional groups attached to an aromatic ring is 1. The summed E-state index contributed by atoms with van der Waals surface area (Å²) >= 11 is 4.92. The number of nitrogens with one attached hydrogen (secondary N) is 1. The van der Waals surface area contributed by atoms with Crippen LogP contribution in [0.25, 0.3) is 0 Å².